The number of hydrogen-bond acceptors (Lipinski definition) is 4. The van der Waals surface area contributed by atoms with E-state index in [-0.39, 0.29) is 18.2 Å². The summed E-state index contributed by atoms with van der Waals surface area (Å²) in [6.07, 6.45) is 0.0957. The molecule has 1 atom stereocenters. The highest BCUT2D eigenvalue weighted by Gasteiger charge is 2.11. The fourth-order valence-electron chi connectivity index (χ4n) is 0.913. The van der Waals surface area contributed by atoms with Crippen LogP contribution in [0.25, 0.3) is 0 Å². The fourth-order valence-corrected chi connectivity index (χ4v) is 0.913. The van der Waals surface area contributed by atoms with E-state index >= 15 is 0 Å². The number of carbonyl (C=O) groups is 1. The monoisotopic (exact) mass is 198 g/mol. The lowest BCUT2D eigenvalue weighted by molar-refractivity contribution is 0.0878. The average Bonchev–Trinajstić information content (AvgIpc) is 2.60. The highest BCUT2D eigenvalue weighted by molar-refractivity contribution is 5.91. The fraction of sp³-hybridized carbons (Fsp3) is 0.556. The smallest absolute Gasteiger partial charge is 0.289 e. The van der Waals surface area contributed by atoms with Gasteiger partial charge in [-0.1, -0.05) is 12.1 Å². The van der Waals surface area contributed by atoms with Gasteiger partial charge in [0, 0.05) is 12.6 Å². The first-order chi connectivity index (χ1) is 6.63. The predicted molar refractivity (Wildman–Crippen MR) is 49.9 cm³/mol. The highest BCUT2D eigenvalue weighted by atomic mass is 16.5. The third-order valence-corrected chi connectivity index (χ3v) is 1.82. The normalized spacial score (nSPS) is 12.5. The molecule has 0 aliphatic rings. The predicted octanol–water partition coefficient (Wildman–Crippen LogP) is 0.484. The highest BCUT2D eigenvalue weighted by Crippen LogP contribution is 2.01. The second-order valence-electron chi connectivity index (χ2n) is 3.10. The molecule has 0 spiro atoms. The van der Waals surface area contributed by atoms with Crippen molar-refractivity contribution in [1.29, 1.82) is 0 Å². The van der Waals surface area contributed by atoms with E-state index in [1.165, 1.54) is 0 Å². The number of aromatic nitrogens is 1. The van der Waals surface area contributed by atoms with Crippen LogP contribution in [-0.4, -0.2) is 28.8 Å². The van der Waals surface area contributed by atoms with Crippen LogP contribution in [0.1, 0.15) is 29.6 Å². The molecule has 0 aliphatic heterocycles. The Kier molecular flexibility index (Phi) is 3.64. The molecule has 0 radical (unpaired) electrons. The number of nitrogens with zero attached hydrogens (tertiary/aromatic N) is 1. The Morgan fingerprint density at radius 1 is 1.79 bits per heavy atom. The SMILES string of the molecule is CCC(O)CNC(=O)c1cc(C)no1. The minimum Gasteiger partial charge on any atom is -0.391 e. The number of carbonyl (C=O) groups excluding carboxylic acids is 1. The van der Waals surface area contributed by atoms with Gasteiger partial charge in [0.2, 0.25) is 5.76 Å². The largest absolute Gasteiger partial charge is 0.391 e. The molecule has 2 N–H and O–H groups in total. The maximum absolute atomic E-state index is 11.3. The molecule has 0 saturated heterocycles. The minimum absolute atomic E-state index is 0.172. The molecular formula is C9H14N2O3. The molecule has 14 heavy (non-hydrogen) atoms. The Bertz CT molecular complexity index is 309. The maximum atomic E-state index is 11.3. The van der Waals surface area contributed by atoms with E-state index in [4.69, 9.17) is 4.52 Å². The van der Waals surface area contributed by atoms with Crippen molar-refractivity contribution in [2.75, 3.05) is 6.54 Å². The van der Waals surface area contributed by atoms with Gasteiger partial charge >= 0.3 is 0 Å². The molecule has 1 rings (SSSR count). The van der Waals surface area contributed by atoms with E-state index in [1.807, 2.05) is 6.92 Å². The van der Waals surface area contributed by atoms with Gasteiger partial charge in [0.15, 0.2) is 0 Å². The number of aliphatic hydroxyl groups excluding tert-OH is 1. The average molecular weight is 198 g/mol. The Morgan fingerprint density at radius 3 is 3.00 bits per heavy atom. The van der Waals surface area contributed by atoms with Crippen LogP contribution in [0.3, 0.4) is 0 Å². The Morgan fingerprint density at radius 2 is 2.50 bits per heavy atom. The topological polar surface area (TPSA) is 75.4 Å². The first-order valence-electron chi connectivity index (χ1n) is 4.53. The molecule has 0 saturated carbocycles. The third-order valence-electron chi connectivity index (χ3n) is 1.82. The zero-order valence-electron chi connectivity index (χ0n) is 8.28. The number of aliphatic hydroxyl groups is 1. The van der Waals surface area contributed by atoms with Crippen molar-refractivity contribution < 1.29 is 14.4 Å². The summed E-state index contributed by atoms with van der Waals surface area (Å²) in [6, 6.07) is 1.55. The number of nitrogens with one attached hydrogen (secondary N) is 1. The van der Waals surface area contributed by atoms with E-state index in [0.29, 0.717) is 12.1 Å². The Balaban J connectivity index is 2.43. The molecule has 1 amide bonds. The van der Waals surface area contributed by atoms with Crippen molar-refractivity contribution in [2.24, 2.45) is 0 Å². The van der Waals surface area contributed by atoms with Gasteiger partial charge in [0.05, 0.1) is 11.8 Å². The second kappa shape index (κ2) is 4.76. The zero-order chi connectivity index (χ0) is 10.6. The van der Waals surface area contributed by atoms with Gasteiger partial charge in [0.1, 0.15) is 0 Å². The molecule has 5 nitrogen and oxygen atoms in total. The van der Waals surface area contributed by atoms with Crippen molar-refractivity contribution in [3.05, 3.63) is 17.5 Å². The van der Waals surface area contributed by atoms with Crippen LogP contribution < -0.4 is 5.32 Å². The molecule has 1 aromatic rings. The number of hydrogen-bond donors (Lipinski definition) is 2. The van der Waals surface area contributed by atoms with E-state index in [9.17, 15) is 9.90 Å². The van der Waals surface area contributed by atoms with Crippen LogP contribution in [0.2, 0.25) is 0 Å². The molecule has 0 aromatic carbocycles. The summed E-state index contributed by atoms with van der Waals surface area (Å²) in [5.41, 5.74) is 0.659. The molecule has 0 bridgehead atoms. The van der Waals surface area contributed by atoms with Gasteiger partial charge in [-0.05, 0) is 13.3 Å². The Labute approximate surface area is 82.1 Å². The molecule has 5 heteroatoms. The Hall–Kier alpha value is -1.36. The van der Waals surface area contributed by atoms with E-state index in [1.54, 1.807) is 13.0 Å². The van der Waals surface area contributed by atoms with Crippen molar-refractivity contribution in [1.82, 2.24) is 10.5 Å². The van der Waals surface area contributed by atoms with E-state index in [0.717, 1.165) is 0 Å². The first kappa shape index (κ1) is 10.7. The summed E-state index contributed by atoms with van der Waals surface area (Å²) in [6.45, 7) is 3.81. The molecule has 1 aromatic heterocycles. The van der Waals surface area contributed by atoms with Crippen molar-refractivity contribution >= 4 is 5.91 Å². The van der Waals surface area contributed by atoms with E-state index in [2.05, 4.69) is 10.5 Å². The summed E-state index contributed by atoms with van der Waals surface area (Å²) >= 11 is 0. The summed E-state index contributed by atoms with van der Waals surface area (Å²) in [4.78, 5) is 11.3. The summed E-state index contributed by atoms with van der Waals surface area (Å²) in [7, 11) is 0. The van der Waals surface area contributed by atoms with Gasteiger partial charge in [-0.15, -0.1) is 0 Å². The van der Waals surface area contributed by atoms with Crippen molar-refractivity contribution in [3.8, 4) is 0 Å². The maximum Gasteiger partial charge on any atom is 0.289 e. The van der Waals surface area contributed by atoms with Crippen LogP contribution in [0, 0.1) is 6.92 Å². The third kappa shape index (κ3) is 2.85. The molecule has 78 valence electrons. The number of amides is 1. The molecule has 1 unspecified atom stereocenters. The number of rotatable bonds is 4. The van der Waals surface area contributed by atoms with Gasteiger partial charge < -0.3 is 14.9 Å². The van der Waals surface area contributed by atoms with Crippen LogP contribution in [0.5, 0.6) is 0 Å². The summed E-state index contributed by atoms with van der Waals surface area (Å²) in [5.74, 6) is -0.177. The zero-order valence-corrected chi connectivity index (χ0v) is 8.28. The van der Waals surface area contributed by atoms with Crippen molar-refractivity contribution in [3.63, 3.8) is 0 Å². The van der Waals surface area contributed by atoms with Crippen molar-refractivity contribution in [2.45, 2.75) is 26.4 Å². The summed E-state index contributed by atoms with van der Waals surface area (Å²) in [5, 5.41) is 15.3. The van der Waals surface area contributed by atoms with Gasteiger partial charge in [-0.2, -0.15) is 0 Å². The molecule has 1 heterocycles. The van der Waals surface area contributed by atoms with Gasteiger partial charge in [-0.25, -0.2) is 0 Å². The first-order valence-corrected chi connectivity index (χ1v) is 4.53. The standard InChI is InChI=1S/C9H14N2O3/c1-3-7(12)5-10-9(13)8-4-6(2)11-14-8/h4,7,12H,3,5H2,1-2H3,(H,10,13). The van der Waals surface area contributed by atoms with Gasteiger partial charge in [-0.3, -0.25) is 4.79 Å². The van der Waals surface area contributed by atoms with Gasteiger partial charge in [0.25, 0.3) is 5.91 Å². The lowest BCUT2D eigenvalue weighted by atomic mass is 10.3. The van der Waals surface area contributed by atoms with E-state index < -0.39 is 6.10 Å². The van der Waals surface area contributed by atoms with Crippen LogP contribution >= 0.6 is 0 Å². The number of aryl methyl sites for hydroxylation is 1. The molecular weight excluding hydrogens is 184 g/mol. The summed E-state index contributed by atoms with van der Waals surface area (Å²) < 4.78 is 4.75. The molecule has 0 aliphatic carbocycles. The quantitative estimate of drug-likeness (QED) is 0.738. The van der Waals surface area contributed by atoms with Crippen LogP contribution in [0.4, 0.5) is 0 Å². The lowest BCUT2D eigenvalue weighted by Gasteiger charge is -2.07. The second-order valence-corrected chi connectivity index (χ2v) is 3.10. The van der Waals surface area contributed by atoms with Crippen LogP contribution in [0.15, 0.2) is 10.6 Å². The minimum atomic E-state index is -0.511. The molecule has 0 fully saturated rings. The van der Waals surface area contributed by atoms with Crippen LogP contribution in [-0.2, 0) is 0 Å². The lowest BCUT2D eigenvalue weighted by Crippen LogP contribution is -2.31.